The molecule has 51 heavy (non-hydrogen) atoms. The van der Waals surface area contributed by atoms with Gasteiger partial charge >= 0.3 is 19.5 Å². The normalized spacial score (nSPS) is 31.0. The van der Waals surface area contributed by atoms with Crippen LogP contribution < -0.4 is 16.7 Å². The molecule has 12 atom stereocenters. The summed E-state index contributed by atoms with van der Waals surface area (Å²) >= 11 is 0. The Hall–Kier alpha value is -3.49. The van der Waals surface area contributed by atoms with Gasteiger partial charge in [0.15, 0.2) is 6.23 Å². The zero-order valence-corrected chi connectivity index (χ0v) is 27.7. The number of nitrogens with two attached hydrogens (primary N) is 1. The molecule has 4 rings (SSSR count). The van der Waals surface area contributed by atoms with Crippen molar-refractivity contribution in [1.29, 1.82) is 0 Å². The fourth-order valence-corrected chi connectivity index (χ4v) is 6.31. The molecule has 2 unspecified atom stereocenters. The van der Waals surface area contributed by atoms with Gasteiger partial charge in [-0.3, -0.25) is 13.9 Å². The lowest BCUT2D eigenvalue weighted by atomic mass is 9.88. The number of ether oxygens (including phenoxy) is 2. The predicted octanol–water partition coefficient (Wildman–Crippen LogP) is -5.69. The van der Waals surface area contributed by atoms with Crippen molar-refractivity contribution >= 4 is 25.5 Å². The Morgan fingerprint density at radius 1 is 1.24 bits per heavy atom. The summed E-state index contributed by atoms with van der Waals surface area (Å²) in [5.74, 6) is -6.47. The van der Waals surface area contributed by atoms with Gasteiger partial charge in [0.05, 0.1) is 37.2 Å². The first-order valence-corrected chi connectivity index (χ1v) is 16.9. The number of carbonyl (C=O) groups excluding carboxylic acids is 1. The molecule has 0 aromatic carbocycles. The van der Waals surface area contributed by atoms with Gasteiger partial charge in [0.2, 0.25) is 5.91 Å². The number of aliphatic carboxylic acids is 1. The van der Waals surface area contributed by atoms with Gasteiger partial charge in [-0.2, -0.15) is 4.98 Å². The lowest BCUT2D eigenvalue weighted by molar-refractivity contribution is -0.289. The Morgan fingerprint density at radius 3 is 2.57 bits per heavy atom. The number of rotatable bonds is 16. The number of nitrogens with one attached hydrogen (secondary N) is 1. The van der Waals surface area contributed by atoms with Gasteiger partial charge in [-0.25, -0.2) is 23.4 Å². The van der Waals surface area contributed by atoms with Crippen LogP contribution in [-0.4, -0.2) is 156 Å². The van der Waals surface area contributed by atoms with Gasteiger partial charge in [0.25, 0.3) is 5.79 Å². The molecule has 286 valence electrons. The second kappa shape index (κ2) is 16.5. The first kappa shape index (κ1) is 40.3. The Kier molecular flexibility index (Phi) is 13.0. The molecule has 0 radical (unpaired) electrons. The smallest absolute Gasteiger partial charge is 0.475 e. The molecule has 2 saturated heterocycles. The van der Waals surface area contributed by atoms with Crippen molar-refractivity contribution in [2.75, 3.05) is 18.9 Å². The monoisotopic (exact) mass is 753 g/mol. The number of amides is 1. The third-order valence-electron chi connectivity index (χ3n) is 8.08. The van der Waals surface area contributed by atoms with Crippen molar-refractivity contribution in [3.05, 3.63) is 34.6 Å². The number of hydrogen-bond donors (Lipinski definition) is 11. The second-order valence-corrected chi connectivity index (χ2v) is 13.2. The van der Waals surface area contributed by atoms with Crippen LogP contribution in [0.25, 0.3) is 0 Å². The third-order valence-corrected chi connectivity index (χ3v) is 9.08. The first-order valence-electron chi connectivity index (χ1n) is 15.4. The molecule has 0 aliphatic carbocycles. The van der Waals surface area contributed by atoms with Crippen molar-refractivity contribution < 1.29 is 78.4 Å². The number of nitrogen functional groups attached to an aromatic ring is 1. The van der Waals surface area contributed by atoms with E-state index in [4.69, 9.17) is 24.3 Å². The van der Waals surface area contributed by atoms with Crippen LogP contribution in [0.4, 0.5) is 5.82 Å². The molecule has 2 aromatic rings. The zero-order chi connectivity index (χ0) is 37.8. The van der Waals surface area contributed by atoms with Crippen LogP contribution in [0.1, 0.15) is 31.7 Å². The highest BCUT2D eigenvalue weighted by molar-refractivity contribution is 7.47. The number of hydrogen-bond acceptors (Lipinski definition) is 19. The van der Waals surface area contributed by atoms with Gasteiger partial charge in [0, 0.05) is 25.2 Å². The summed E-state index contributed by atoms with van der Waals surface area (Å²) in [5, 5.41) is 92.0. The van der Waals surface area contributed by atoms with Crippen molar-refractivity contribution in [2.45, 2.75) is 99.6 Å². The van der Waals surface area contributed by atoms with E-state index < -0.39 is 118 Å². The minimum absolute atomic E-state index is 0.149. The van der Waals surface area contributed by atoms with E-state index >= 15 is 0 Å². The molecule has 4 heterocycles. The highest BCUT2D eigenvalue weighted by Gasteiger charge is 2.59. The molecule has 2 aliphatic heterocycles. The zero-order valence-electron chi connectivity index (χ0n) is 26.8. The molecular weight excluding hydrogens is 713 g/mol. The Bertz CT molecular complexity index is 1630. The number of anilines is 1. The molecular formula is C26H40N7O17P. The lowest BCUT2D eigenvalue weighted by Gasteiger charge is -2.46. The molecule has 12 N–H and O–H groups in total. The highest BCUT2D eigenvalue weighted by atomic mass is 31.2. The van der Waals surface area contributed by atoms with Gasteiger partial charge in [0.1, 0.15) is 49.0 Å². The molecule has 25 heteroatoms. The van der Waals surface area contributed by atoms with Crippen LogP contribution in [-0.2, 0) is 45.6 Å². The Morgan fingerprint density at radius 2 is 1.94 bits per heavy atom. The van der Waals surface area contributed by atoms with Gasteiger partial charge in [-0.1, -0.05) is 12.1 Å². The maximum absolute atomic E-state index is 13.1. The topological polar surface area (TPSA) is 374 Å². The molecule has 1 amide bonds. The average Bonchev–Trinajstić information content (AvgIpc) is 3.62. The SMILES string of the molecule is CCC(O)Cc1cn(CC(=O)N[C@H]2[C@H]([C@H](O)[C@H](O)CO)O[C@](OP(=O)(O)OC[C@H]3O[C@@H](n4ccc(N)nc4=O)[C@H](O)[C@@H]3O)(C(=O)O)C[C@@H]2O)nn1. The molecule has 0 bridgehead atoms. The molecule has 0 spiro atoms. The average molecular weight is 754 g/mol. The number of aromatic nitrogens is 5. The Balaban J connectivity index is 1.48. The van der Waals surface area contributed by atoms with Crippen molar-refractivity contribution in [3.63, 3.8) is 0 Å². The van der Waals surface area contributed by atoms with Gasteiger partial charge in [-0.15, -0.1) is 5.10 Å². The quantitative estimate of drug-likeness (QED) is 0.0711. The van der Waals surface area contributed by atoms with E-state index in [1.54, 1.807) is 6.92 Å². The van der Waals surface area contributed by atoms with Crippen LogP contribution in [0.15, 0.2) is 23.3 Å². The summed E-state index contributed by atoms with van der Waals surface area (Å²) in [6.07, 6.45) is -14.0. The van der Waals surface area contributed by atoms with Gasteiger partial charge < -0.3 is 66.3 Å². The molecule has 24 nitrogen and oxygen atoms in total. The van der Waals surface area contributed by atoms with Crippen molar-refractivity contribution in [1.82, 2.24) is 29.9 Å². The maximum Gasteiger partial charge on any atom is 0.475 e. The molecule has 2 aliphatic rings. The van der Waals surface area contributed by atoms with Crippen LogP contribution in [0, 0.1) is 0 Å². The van der Waals surface area contributed by atoms with Crippen molar-refractivity contribution in [3.8, 4) is 0 Å². The van der Waals surface area contributed by atoms with Crippen LogP contribution in [0.2, 0.25) is 0 Å². The number of aliphatic hydroxyl groups excluding tert-OH is 7. The van der Waals surface area contributed by atoms with Gasteiger partial charge in [-0.05, 0) is 12.5 Å². The van der Waals surface area contributed by atoms with E-state index in [0.29, 0.717) is 12.1 Å². The number of carbonyl (C=O) groups is 2. The van der Waals surface area contributed by atoms with E-state index in [-0.39, 0.29) is 12.2 Å². The minimum atomic E-state index is -5.61. The van der Waals surface area contributed by atoms with E-state index in [1.807, 2.05) is 0 Å². The highest BCUT2D eigenvalue weighted by Crippen LogP contribution is 2.51. The summed E-state index contributed by atoms with van der Waals surface area (Å²) in [6.45, 7) is -0.938. The molecule has 0 saturated carbocycles. The third kappa shape index (κ3) is 9.50. The lowest BCUT2D eigenvalue weighted by Crippen LogP contribution is -2.68. The fraction of sp³-hybridized carbons (Fsp3) is 0.692. The van der Waals surface area contributed by atoms with E-state index in [0.717, 1.165) is 15.4 Å². The number of carboxylic acid groups (broad SMARTS) is 1. The minimum Gasteiger partial charge on any atom is -0.477 e. The standard InChI is InChI=1S/C26H40N7O17P/c1-2-12(35)5-11-7-32(31-30-11)8-17(38)29-18-13(36)6-26(24(42)43,49-22(18)19(39)14(37)9-34)50-51(45,46)47-10-15-20(40)21(41)23(48-15)33-4-3-16(27)28-25(33)44/h3-4,7,12-15,18-23,34-37,39-41H,2,5-6,8-10H2,1H3,(H,29,38)(H,42,43)(H,45,46)(H2,27,28,44)/t12?,13-,14+,15+,18+,19+,20+,21+,22+,23+,26+/m0/s1. The maximum atomic E-state index is 13.1. The summed E-state index contributed by atoms with van der Waals surface area (Å²) in [4.78, 5) is 51.6. The summed E-state index contributed by atoms with van der Waals surface area (Å²) in [5.41, 5.74) is 4.84. The largest absolute Gasteiger partial charge is 0.477 e. The number of nitrogens with zero attached hydrogens (tertiary/aromatic N) is 5. The molecule has 2 aromatic heterocycles. The van der Waals surface area contributed by atoms with E-state index in [9.17, 15) is 64.7 Å². The Labute approximate surface area is 287 Å². The number of carboxylic acids is 1. The number of aliphatic hydroxyl groups is 7. The summed E-state index contributed by atoms with van der Waals surface area (Å²) in [7, 11) is -5.61. The van der Waals surface area contributed by atoms with E-state index in [2.05, 4.69) is 20.6 Å². The first-order chi connectivity index (χ1) is 23.9. The predicted molar refractivity (Wildman–Crippen MR) is 163 cm³/mol. The summed E-state index contributed by atoms with van der Waals surface area (Å²) < 4.78 is 35.4. The molecule has 2 fully saturated rings. The number of phosphoric ester groups is 1. The van der Waals surface area contributed by atoms with Crippen LogP contribution >= 0.6 is 7.82 Å². The van der Waals surface area contributed by atoms with Crippen molar-refractivity contribution in [2.24, 2.45) is 0 Å². The van der Waals surface area contributed by atoms with E-state index in [1.165, 1.54) is 12.3 Å². The summed E-state index contributed by atoms with van der Waals surface area (Å²) in [6, 6.07) is -0.527. The van der Waals surface area contributed by atoms with Crippen LogP contribution in [0.5, 0.6) is 0 Å². The van der Waals surface area contributed by atoms with Crippen LogP contribution in [0.3, 0.4) is 0 Å². The number of phosphoric acid groups is 1. The fourth-order valence-electron chi connectivity index (χ4n) is 5.36. The second-order valence-electron chi connectivity index (χ2n) is 11.9.